The Morgan fingerprint density at radius 3 is 2.33 bits per heavy atom. The molecule has 0 bridgehead atoms. The van der Waals surface area contributed by atoms with Gasteiger partial charge in [-0.2, -0.15) is 0 Å². The number of nitrogens with zero attached hydrogens (tertiary/aromatic N) is 2. The Bertz CT molecular complexity index is 830. The van der Waals surface area contributed by atoms with E-state index in [9.17, 15) is 14.4 Å². The van der Waals surface area contributed by atoms with Crippen LogP contribution >= 0.6 is 0 Å². The van der Waals surface area contributed by atoms with E-state index in [-0.39, 0.29) is 29.9 Å². The van der Waals surface area contributed by atoms with Gasteiger partial charge < -0.3 is 9.80 Å². The van der Waals surface area contributed by atoms with Crippen LogP contribution in [0.3, 0.4) is 0 Å². The molecule has 140 valence electrons. The Morgan fingerprint density at radius 1 is 1.07 bits per heavy atom. The minimum absolute atomic E-state index is 0.0116. The highest BCUT2D eigenvalue weighted by Crippen LogP contribution is 2.27. The van der Waals surface area contributed by atoms with E-state index in [2.05, 4.69) is 0 Å². The van der Waals surface area contributed by atoms with Crippen molar-refractivity contribution in [2.24, 2.45) is 5.92 Å². The summed E-state index contributed by atoms with van der Waals surface area (Å²) in [5, 5.41) is 0. The van der Waals surface area contributed by atoms with E-state index >= 15 is 0 Å². The number of carbonyl (C=O) groups is 3. The number of benzene rings is 2. The second kappa shape index (κ2) is 8.16. The molecule has 2 aromatic carbocycles. The van der Waals surface area contributed by atoms with E-state index in [0.29, 0.717) is 25.2 Å². The van der Waals surface area contributed by atoms with Crippen molar-refractivity contribution >= 4 is 23.3 Å². The van der Waals surface area contributed by atoms with Crippen LogP contribution in [0.15, 0.2) is 54.6 Å². The normalized spacial score (nSPS) is 16.4. The Balaban J connectivity index is 1.69. The molecular formula is C22H24N2O3. The molecule has 1 unspecified atom stereocenters. The van der Waals surface area contributed by atoms with Crippen molar-refractivity contribution in [1.29, 1.82) is 0 Å². The molecule has 1 heterocycles. The van der Waals surface area contributed by atoms with Crippen LogP contribution in [0.25, 0.3) is 0 Å². The first kappa shape index (κ1) is 18.8. The maximum atomic E-state index is 12.9. The van der Waals surface area contributed by atoms with Gasteiger partial charge in [-0.05, 0) is 43.7 Å². The topological polar surface area (TPSA) is 57.7 Å². The summed E-state index contributed by atoms with van der Waals surface area (Å²) in [7, 11) is 0. The molecule has 0 saturated carbocycles. The highest BCUT2D eigenvalue weighted by molar-refractivity contribution is 6.01. The number of hydrogen-bond acceptors (Lipinski definition) is 3. The van der Waals surface area contributed by atoms with Gasteiger partial charge in [0.15, 0.2) is 5.78 Å². The summed E-state index contributed by atoms with van der Waals surface area (Å²) in [6, 6.07) is 16.8. The standard InChI is InChI=1S/C22H24N2O3/c1-3-23(14-17-7-5-4-6-8-17)22(27)19-13-21(26)24(15-19)20-11-9-18(10-12-20)16(2)25/h4-12,19H,3,13-15H2,1-2H3. The van der Waals surface area contributed by atoms with E-state index in [1.165, 1.54) is 6.92 Å². The first-order chi connectivity index (χ1) is 13.0. The van der Waals surface area contributed by atoms with Crippen molar-refractivity contribution < 1.29 is 14.4 Å². The number of carbonyl (C=O) groups excluding carboxylic acids is 3. The van der Waals surface area contributed by atoms with Crippen LogP contribution in [-0.4, -0.2) is 35.6 Å². The molecule has 3 rings (SSSR count). The molecule has 0 radical (unpaired) electrons. The molecule has 0 spiro atoms. The fourth-order valence-corrected chi connectivity index (χ4v) is 3.41. The molecule has 0 N–H and O–H groups in total. The molecule has 1 fully saturated rings. The van der Waals surface area contributed by atoms with Crippen molar-refractivity contribution in [3.8, 4) is 0 Å². The molecule has 0 aliphatic carbocycles. The molecule has 27 heavy (non-hydrogen) atoms. The summed E-state index contributed by atoms with van der Waals surface area (Å²) in [6.45, 7) is 4.99. The van der Waals surface area contributed by atoms with Crippen LogP contribution in [0.1, 0.15) is 36.2 Å². The van der Waals surface area contributed by atoms with Crippen molar-refractivity contribution in [2.45, 2.75) is 26.8 Å². The third-order valence-corrected chi connectivity index (χ3v) is 4.97. The average molecular weight is 364 g/mol. The summed E-state index contributed by atoms with van der Waals surface area (Å²) in [5.41, 5.74) is 2.41. The van der Waals surface area contributed by atoms with Crippen molar-refractivity contribution in [3.05, 3.63) is 65.7 Å². The number of Topliss-reactive ketones (excluding diaryl/α,β-unsaturated/α-hetero) is 1. The minimum Gasteiger partial charge on any atom is -0.338 e. The first-order valence-corrected chi connectivity index (χ1v) is 9.23. The Hall–Kier alpha value is -2.95. The highest BCUT2D eigenvalue weighted by atomic mass is 16.2. The van der Waals surface area contributed by atoms with Crippen LogP contribution < -0.4 is 4.90 Å². The lowest BCUT2D eigenvalue weighted by atomic mass is 10.1. The van der Waals surface area contributed by atoms with Crippen LogP contribution in [0.2, 0.25) is 0 Å². The van der Waals surface area contributed by atoms with E-state index in [0.717, 1.165) is 11.3 Å². The predicted octanol–water partition coefficient (Wildman–Crippen LogP) is 3.29. The van der Waals surface area contributed by atoms with Gasteiger partial charge in [-0.15, -0.1) is 0 Å². The quantitative estimate of drug-likeness (QED) is 0.739. The smallest absolute Gasteiger partial charge is 0.228 e. The molecule has 5 nitrogen and oxygen atoms in total. The van der Waals surface area contributed by atoms with Crippen LogP contribution in [0.4, 0.5) is 5.69 Å². The SMILES string of the molecule is CCN(Cc1ccccc1)C(=O)C1CC(=O)N(c2ccc(C(C)=O)cc2)C1. The van der Waals surface area contributed by atoms with Crippen LogP contribution in [-0.2, 0) is 16.1 Å². The largest absolute Gasteiger partial charge is 0.338 e. The van der Waals surface area contributed by atoms with Gasteiger partial charge in [-0.25, -0.2) is 0 Å². The highest BCUT2D eigenvalue weighted by Gasteiger charge is 2.36. The molecule has 2 aromatic rings. The van der Waals surface area contributed by atoms with E-state index in [1.54, 1.807) is 34.1 Å². The number of hydrogen-bond donors (Lipinski definition) is 0. The van der Waals surface area contributed by atoms with E-state index in [1.807, 2.05) is 37.3 Å². The van der Waals surface area contributed by atoms with Gasteiger partial charge in [0.25, 0.3) is 0 Å². The minimum atomic E-state index is -0.339. The molecule has 1 aliphatic heterocycles. The molecule has 1 aliphatic rings. The maximum Gasteiger partial charge on any atom is 0.228 e. The summed E-state index contributed by atoms with van der Waals surface area (Å²) < 4.78 is 0. The van der Waals surface area contributed by atoms with Crippen molar-refractivity contribution in [3.63, 3.8) is 0 Å². The van der Waals surface area contributed by atoms with Gasteiger partial charge in [-0.1, -0.05) is 30.3 Å². The van der Waals surface area contributed by atoms with Gasteiger partial charge in [-0.3, -0.25) is 14.4 Å². The molecule has 1 saturated heterocycles. The zero-order valence-electron chi connectivity index (χ0n) is 15.7. The predicted molar refractivity (Wildman–Crippen MR) is 104 cm³/mol. The monoisotopic (exact) mass is 364 g/mol. The zero-order valence-corrected chi connectivity index (χ0v) is 15.7. The molecule has 5 heteroatoms. The molecule has 0 aromatic heterocycles. The second-order valence-electron chi connectivity index (χ2n) is 6.85. The lowest BCUT2D eigenvalue weighted by Gasteiger charge is -2.24. The molecule has 1 atom stereocenters. The average Bonchev–Trinajstić information content (AvgIpc) is 3.08. The maximum absolute atomic E-state index is 12.9. The van der Waals surface area contributed by atoms with Crippen molar-refractivity contribution in [2.75, 3.05) is 18.0 Å². The second-order valence-corrected chi connectivity index (χ2v) is 6.85. The van der Waals surface area contributed by atoms with E-state index < -0.39 is 0 Å². The first-order valence-electron chi connectivity index (χ1n) is 9.23. The lowest BCUT2D eigenvalue weighted by molar-refractivity contribution is -0.136. The fraction of sp³-hybridized carbons (Fsp3) is 0.318. The van der Waals surface area contributed by atoms with Crippen LogP contribution in [0.5, 0.6) is 0 Å². The van der Waals surface area contributed by atoms with Crippen LogP contribution in [0, 0.1) is 5.92 Å². The number of rotatable bonds is 6. The molecule has 2 amide bonds. The Kier molecular flexibility index (Phi) is 5.69. The third-order valence-electron chi connectivity index (χ3n) is 4.97. The number of anilines is 1. The molecular weight excluding hydrogens is 340 g/mol. The number of amides is 2. The Labute approximate surface area is 159 Å². The van der Waals surface area contributed by atoms with E-state index in [4.69, 9.17) is 0 Å². The Morgan fingerprint density at radius 2 is 1.74 bits per heavy atom. The summed E-state index contributed by atoms with van der Waals surface area (Å²) in [5.74, 6) is -0.396. The fourth-order valence-electron chi connectivity index (χ4n) is 3.41. The van der Waals surface area contributed by atoms with Gasteiger partial charge in [0.05, 0.1) is 5.92 Å². The van der Waals surface area contributed by atoms with Gasteiger partial charge in [0.2, 0.25) is 11.8 Å². The van der Waals surface area contributed by atoms with Gasteiger partial charge in [0.1, 0.15) is 0 Å². The van der Waals surface area contributed by atoms with Gasteiger partial charge in [0, 0.05) is 37.3 Å². The van der Waals surface area contributed by atoms with Gasteiger partial charge >= 0.3 is 0 Å². The van der Waals surface area contributed by atoms with Crippen molar-refractivity contribution in [1.82, 2.24) is 4.90 Å². The third kappa shape index (κ3) is 4.25. The zero-order chi connectivity index (χ0) is 19.4. The summed E-state index contributed by atoms with van der Waals surface area (Å²) in [6.07, 6.45) is 0.221. The lowest BCUT2D eigenvalue weighted by Crippen LogP contribution is -2.37. The summed E-state index contributed by atoms with van der Waals surface area (Å²) >= 11 is 0. The summed E-state index contributed by atoms with van der Waals surface area (Å²) in [4.78, 5) is 40.3. The number of ketones is 1.